The number of alkyl halides is 3. The highest BCUT2D eigenvalue weighted by molar-refractivity contribution is 5.75. The van der Waals surface area contributed by atoms with Crippen molar-refractivity contribution in [3.05, 3.63) is 18.0 Å². The smallest absolute Gasteiger partial charge is 0.419 e. The van der Waals surface area contributed by atoms with E-state index in [1.165, 1.54) is 11.8 Å². The summed E-state index contributed by atoms with van der Waals surface area (Å²) in [7, 11) is 1.28. The van der Waals surface area contributed by atoms with Crippen molar-refractivity contribution in [2.24, 2.45) is 0 Å². The molecule has 114 valence electrons. The van der Waals surface area contributed by atoms with Gasteiger partial charge >= 0.3 is 12.1 Å². The molecule has 8 heteroatoms. The molecular weight excluding hydrogens is 275 g/mol. The molecule has 0 spiro atoms. The zero-order valence-corrected chi connectivity index (χ0v) is 11.4. The van der Waals surface area contributed by atoms with Crippen molar-refractivity contribution in [3.63, 3.8) is 0 Å². The number of hydrogen-bond acceptors (Lipinski definition) is 4. The molecule has 1 N–H and O–H groups in total. The summed E-state index contributed by atoms with van der Waals surface area (Å²) >= 11 is 0. The number of esters is 1. The molecule has 0 saturated carbocycles. The minimum atomic E-state index is -4.40. The van der Waals surface area contributed by atoms with E-state index in [1.54, 1.807) is 0 Å². The van der Waals surface area contributed by atoms with Gasteiger partial charge in [0.05, 0.1) is 18.9 Å². The number of nitrogens with zero attached hydrogens (tertiary/aromatic N) is 2. The van der Waals surface area contributed by atoms with E-state index in [-0.39, 0.29) is 6.54 Å². The Kier molecular flexibility index (Phi) is 6.00. The molecule has 0 bridgehead atoms. The summed E-state index contributed by atoms with van der Waals surface area (Å²) in [6.45, 7) is 2.78. The van der Waals surface area contributed by atoms with Gasteiger partial charge in [-0.3, -0.25) is 9.48 Å². The minimum absolute atomic E-state index is 0.201. The third-order valence-electron chi connectivity index (χ3n) is 2.73. The van der Waals surface area contributed by atoms with E-state index in [9.17, 15) is 18.0 Å². The number of methoxy groups -OCH3 is 1. The highest BCUT2D eigenvalue weighted by Crippen LogP contribution is 2.28. The van der Waals surface area contributed by atoms with E-state index >= 15 is 0 Å². The minimum Gasteiger partial charge on any atom is -0.468 e. The lowest BCUT2D eigenvalue weighted by Gasteiger charge is -2.15. The van der Waals surface area contributed by atoms with E-state index < -0.39 is 23.8 Å². The van der Waals surface area contributed by atoms with Crippen LogP contribution in [0, 0.1) is 0 Å². The zero-order chi connectivity index (χ0) is 15.2. The molecular formula is C12H18F3N3O2. The van der Waals surface area contributed by atoms with Crippen molar-refractivity contribution in [1.82, 2.24) is 15.1 Å². The van der Waals surface area contributed by atoms with Gasteiger partial charge in [-0.05, 0) is 19.4 Å². The fourth-order valence-electron chi connectivity index (χ4n) is 1.66. The second-order valence-electron chi connectivity index (χ2n) is 4.31. The molecule has 1 rings (SSSR count). The maximum Gasteiger partial charge on any atom is 0.419 e. The normalized spacial score (nSPS) is 13.2. The molecule has 1 unspecified atom stereocenters. The molecule has 1 aromatic rings. The number of aryl methyl sites for hydroxylation is 1. The second-order valence-corrected chi connectivity index (χ2v) is 4.31. The van der Waals surface area contributed by atoms with Crippen LogP contribution in [0.2, 0.25) is 0 Å². The van der Waals surface area contributed by atoms with Crippen LogP contribution < -0.4 is 5.32 Å². The zero-order valence-electron chi connectivity index (χ0n) is 11.4. The van der Waals surface area contributed by atoms with Crippen molar-refractivity contribution in [3.8, 4) is 0 Å². The van der Waals surface area contributed by atoms with Crippen LogP contribution >= 0.6 is 0 Å². The van der Waals surface area contributed by atoms with Crippen LogP contribution in [0.25, 0.3) is 0 Å². The number of rotatable bonds is 7. The first-order valence-electron chi connectivity index (χ1n) is 6.29. The summed E-state index contributed by atoms with van der Waals surface area (Å²) in [5, 5.41) is 6.63. The number of ether oxygens (including phenoxy) is 1. The van der Waals surface area contributed by atoms with Crippen LogP contribution in [0.4, 0.5) is 13.2 Å². The van der Waals surface area contributed by atoms with Gasteiger partial charge in [-0.2, -0.15) is 18.3 Å². The molecule has 0 aliphatic heterocycles. The molecule has 0 aromatic carbocycles. The first-order valence-corrected chi connectivity index (χ1v) is 6.29. The molecule has 0 radical (unpaired) electrons. The van der Waals surface area contributed by atoms with Gasteiger partial charge < -0.3 is 10.1 Å². The summed E-state index contributed by atoms with van der Waals surface area (Å²) < 4.78 is 43.0. The summed E-state index contributed by atoms with van der Waals surface area (Å²) in [5.74, 6) is -0.429. The van der Waals surface area contributed by atoms with E-state index in [4.69, 9.17) is 0 Å². The molecule has 0 fully saturated rings. The van der Waals surface area contributed by atoms with E-state index in [1.807, 2.05) is 6.92 Å². The Balaban J connectivity index is 2.58. The van der Waals surface area contributed by atoms with Crippen LogP contribution in [0.5, 0.6) is 0 Å². The van der Waals surface area contributed by atoms with E-state index in [2.05, 4.69) is 15.2 Å². The second kappa shape index (κ2) is 7.28. The summed E-state index contributed by atoms with van der Waals surface area (Å²) in [6.07, 6.45) is -1.56. The third kappa shape index (κ3) is 4.84. The monoisotopic (exact) mass is 293 g/mol. The predicted octanol–water partition coefficient (Wildman–Crippen LogP) is 1.83. The van der Waals surface area contributed by atoms with Gasteiger partial charge in [-0.1, -0.05) is 6.92 Å². The maximum absolute atomic E-state index is 12.4. The fourth-order valence-corrected chi connectivity index (χ4v) is 1.66. The molecule has 0 amide bonds. The number of carbonyl (C=O) groups is 1. The van der Waals surface area contributed by atoms with Crippen molar-refractivity contribution < 1.29 is 22.7 Å². The number of halogens is 3. The Labute approximate surface area is 115 Å². The maximum atomic E-state index is 12.4. The van der Waals surface area contributed by atoms with E-state index in [0.29, 0.717) is 13.0 Å². The Morgan fingerprint density at radius 2 is 2.25 bits per heavy atom. The Hall–Kier alpha value is -1.57. The lowest BCUT2D eigenvalue weighted by Crippen LogP contribution is -2.38. The summed E-state index contributed by atoms with van der Waals surface area (Å²) in [6, 6.07) is -0.543. The molecule has 0 saturated heterocycles. The molecule has 1 atom stereocenters. The van der Waals surface area contributed by atoms with Gasteiger partial charge in [0, 0.05) is 12.7 Å². The number of nitrogens with one attached hydrogen (secondary N) is 1. The average molecular weight is 293 g/mol. The SMILES string of the molecule is CCCNC(CCn1cc(C(F)(F)F)cn1)C(=O)OC. The lowest BCUT2D eigenvalue weighted by molar-refractivity contribution is -0.143. The van der Waals surface area contributed by atoms with Crippen molar-refractivity contribution in [2.75, 3.05) is 13.7 Å². The van der Waals surface area contributed by atoms with Crippen molar-refractivity contribution >= 4 is 5.97 Å². The summed E-state index contributed by atoms with van der Waals surface area (Å²) in [4.78, 5) is 11.5. The fraction of sp³-hybridized carbons (Fsp3) is 0.667. The van der Waals surface area contributed by atoms with Crippen molar-refractivity contribution in [1.29, 1.82) is 0 Å². The summed E-state index contributed by atoms with van der Waals surface area (Å²) in [5.41, 5.74) is -0.798. The third-order valence-corrected chi connectivity index (χ3v) is 2.73. The highest BCUT2D eigenvalue weighted by Gasteiger charge is 2.32. The standard InChI is InChI=1S/C12H18F3N3O2/c1-3-5-16-10(11(19)20-2)4-6-18-8-9(7-17-18)12(13,14)15/h7-8,10,16H,3-6H2,1-2H3. The van der Waals surface area contributed by atoms with Gasteiger partial charge in [0.2, 0.25) is 0 Å². The van der Waals surface area contributed by atoms with Gasteiger partial charge in [0.1, 0.15) is 6.04 Å². The number of carbonyl (C=O) groups excluding carboxylic acids is 1. The molecule has 0 aliphatic rings. The Bertz CT molecular complexity index is 432. The Morgan fingerprint density at radius 3 is 2.75 bits per heavy atom. The van der Waals surface area contributed by atoms with Crippen LogP contribution in [-0.2, 0) is 22.3 Å². The first kappa shape index (κ1) is 16.5. The lowest BCUT2D eigenvalue weighted by atomic mass is 10.2. The van der Waals surface area contributed by atoms with Crippen LogP contribution in [0.15, 0.2) is 12.4 Å². The van der Waals surface area contributed by atoms with E-state index in [0.717, 1.165) is 18.8 Å². The van der Waals surface area contributed by atoms with Crippen LogP contribution in [-0.4, -0.2) is 35.4 Å². The van der Waals surface area contributed by atoms with Gasteiger partial charge in [0.15, 0.2) is 0 Å². The topological polar surface area (TPSA) is 56.2 Å². The van der Waals surface area contributed by atoms with Gasteiger partial charge in [-0.25, -0.2) is 0 Å². The molecule has 5 nitrogen and oxygen atoms in total. The molecule has 20 heavy (non-hydrogen) atoms. The van der Waals surface area contributed by atoms with Gasteiger partial charge in [0.25, 0.3) is 0 Å². The predicted molar refractivity (Wildman–Crippen MR) is 65.9 cm³/mol. The first-order chi connectivity index (χ1) is 9.38. The largest absolute Gasteiger partial charge is 0.468 e. The van der Waals surface area contributed by atoms with Crippen molar-refractivity contribution in [2.45, 2.75) is 38.5 Å². The molecule has 0 aliphatic carbocycles. The van der Waals surface area contributed by atoms with Crippen LogP contribution in [0.3, 0.4) is 0 Å². The van der Waals surface area contributed by atoms with Crippen LogP contribution in [0.1, 0.15) is 25.3 Å². The number of hydrogen-bond donors (Lipinski definition) is 1. The Morgan fingerprint density at radius 1 is 1.55 bits per heavy atom. The molecule has 1 aromatic heterocycles. The molecule has 1 heterocycles. The number of aromatic nitrogens is 2. The highest BCUT2D eigenvalue weighted by atomic mass is 19.4. The quantitative estimate of drug-likeness (QED) is 0.779. The van der Waals surface area contributed by atoms with Gasteiger partial charge in [-0.15, -0.1) is 0 Å². The average Bonchev–Trinajstić information content (AvgIpc) is 2.87.